The van der Waals surface area contributed by atoms with E-state index in [9.17, 15) is 0 Å². The van der Waals surface area contributed by atoms with Crippen LogP contribution < -0.4 is 0 Å². The molecule has 0 aliphatic carbocycles. The largest absolute Gasteiger partial charge is 0.417 e. The summed E-state index contributed by atoms with van der Waals surface area (Å²) in [4.78, 5) is 4.60. The molecule has 0 aliphatic rings. The zero-order valence-corrected chi connectivity index (χ0v) is 23.1. The summed E-state index contributed by atoms with van der Waals surface area (Å²) in [5.74, 6) is 0. The van der Waals surface area contributed by atoms with Crippen molar-refractivity contribution in [3.05, 3.63) is 21.7 Å². The van der Waals surface area contributed by atoms with E-state index in [-0.39, 0.29) is 16.2 Å². The van der Waals surface area contributed by atoms with Crippen molar-refractivity contribution in [1.29, 1.82) is 0 Å². The molecule has 0 N–H and O–H groups in total. The Bertz CT molecular complexity index is 667. The molecule has 0 spiro atoms. The number of aryl methyl sites for hydroxylation is 1. The Morgan fingerprint density at radius 1 is 1.07 bits per heavy atom. The minimum Gasteiger partial charge on any atom is -0.417 e. The molecule has 1 aromatic rings. The summed E-state index contributed by atoms with van der Waals surface area (Å²) in [6.07, 6.45) is 3.16. The van der Waals surface area contributed by atoms with E-state index in [1.165, 1.54) is 5.57 Å². The molecule has 1 aromatic heterocycles. The summed E-state index contributed by atoms with van der Waals surface area (Å²) in [6, 6.07) is 0. The molecule has 0 bridgehead atoms. The monoisotopic (exact) mass is 441 g/mol. The second-order valence-corrected chi connectivity index (χ2v) is 21.6. The first-order valence-corrected chi connectivity index (χ1v) is 17.1. The molecule has 0 aliphatic heterocycles. The maximum atomic E-state index is 6.83. The van der Waals surface area contributed by atoms with Crippen LogP contribution in [0.3, 0.4) is 0 Å². The van der Waals surface area contributed by atoms with E-state index < -0.39 is 16.6 Å². The smallest absolute Gasteiger partial charge is 0.192 e. The molecule has 3 nitrogen and oxygen atoms in total. The summed E-state index contributed by atoms with van der Waals surface area (Å²) in [5.41, 5.74) is 2.28. The number of hydrogen-bond acceptors (Lipinski definition) is 4. The van der Waals surface area contributed by atoms with Gasteiger partial charge in [0, 0.05) is 12.0 Å². The lowest BCUT2D eigenvalue weighted by Gasteiger charge is -2.40. The van der Waals surface area contributed by atoms with Gasteiger partial charge in [-0.3, -0.25) is 0 Å². The molecule has 1 heterocycles. The van der Waals surface area contributed by atoms with Gasteiger partial charge in [0.25, 0.3) is 0 Å². The van der Waals surface area contributed by atoms with Crippen molar-refractivity contribution in [2.75, 3.05) is 6.61 Å². The Hall–Kier alpha value is -0.276. The fraction of sp³-hybridized carbons (Fsp3) is 0.773. The molecule has 1 rings (SSSR count). The predicted molar refractivity (Wildman–Crippen MR) is 130 cm³/mol. The minimum atomic E-state index is -1.88. The topological polar surface area (TPSA) is 31.4 Å². The zero-order valence-electron chi connectivity index (χ0n) is 20.3. The summed E-state index contributed by atoms with van der Waals surface area (Å²) < 4.78 is 13.3. The maximum absolute atomic E-state index is 6.83. The predicted octanol–water partition coefficient (Wildman–Crippen LogP) is 7.66. The minimum absolute atomic E-state index is 0.0765. The molecule has 0 radical (unpaired) electrons. The normalized spacial score (nSPS) is 15.8. The Morgan fingerprint density at radius 2 is 1.61 bits per heavy atom. The highest BCUT2D eigenvalue weighted by molar-refractivity contribution is 7.09. The average molecular weight is 442 g/mol. The van der Waals surface area contributed by atoms with Gasteiger partial charge in [-0.15, -0.1) is 11.3 Å². The second-order valence-electron chi connectivity index (χ2n) is 10.9. The van der Waals surface area contributed by atoms with Gasteiger partial charge < -0.3 is 8.85 Å². The van der Waals surface area contributed by atoms with Gasteiger partial charge in [0.1, 0.15) is 0 Å². The maximum Gasteiger partial charge on any atom is 0.192 e. The summed E-state index contributed by atoms with van der Waals surface area (Å²) in [5, 5.41) is 3.63. The van der Waals surface area contributed by atoms with Crippen LogP contribution in [0.5, 0.6) is 0 Å². The van der Waals surface area contributed by atoms with Crippen LogP contribution in [0.15, 0.2) is 11.0 Å². The number of rotatable bonds is 8. The molecule has 1 atom stereocenters. The van der Waals surface area contributed by atoms with Crippen LogP contribution in [0.2, 0.25) is 36.3 Å². The van der Waals surface area contributed by atoms with Gasteiger partial charge in [-0.2, -0.15) is 0 Å². The number of hydrogen-bond donors (Lipinski definition) is 0. The van der Waals surface area contributed by atoms with Crippen LogP contribution in [0.25, 0.3) is 6.08 Å². The molecule has 1 unspecified atom stereocenters. The molecule has 0 amide bonds. The third-order valence-electron chi connectivity index (χ3n) is 6.41. The molecule has 162 valence electrons. The van der Waals surface area contributed by atoms with Crippen molar-refractivity contribution in [3.63, 3.8) is 0 Å². The first kappa shape index (κ1) is 25.8. The molecular weight excluding hydrogens is 398 g/mol. The number of thiazole rings is 1. The molecule has 0 saturated carbocycles. The van der Waals surface area contributed by atoms with Crippen LogP contribution >= 0.6 is 11.3 Å². The molecule has 0 fully saturated rings. The van der Waals surface area contributed by atoms with Crippen LogP contribution in [-0.2, 0) is 8.85 Å². The van der Waals surface area contributed by atoms with E-state index >= 15 is 0 Å². The highest BCUT2D eigenvalue weighted by Crippen LogP contribution is 2.39. The first-order chi connectivity index (χ1) is 12.5. The van der Waals surface area contributed by atoms with Crippen LogP contribution in [0, 0.1) is 6.92 Å². The van der Waals surface area contributed by atoms with Crippen LogP contribution in [-0.4, -0.2) is 34.3 Å². The average Bonchev–Trinajstić information content (AvgIpc) is 2.88. The van der Waals surface area contributed by atoms with E-state index in [0.717, 1.165) is 23.7 Å². The number of aromatic nitrogens is 1. The second kappa shape index (κ2) is 9.25. The highest BCUT2D eigenvalue weighted by atomic mass is 32.1. The van der Waals surface area contributed by atoms with Crippen molar-refractivity contribution in [1.82, 2.24) is 4.98 Å². The Morgan fingerprint density at radius 3 is 2.04 bits per heavy atom. The van der Waals surface area contributed by atoms with Gasteiger partial charge in [-0.05, 0) is 68.2 Å². The third-order valence-corrected chi connectivity index (χ3v) is 16.2. The van der Waals surface area contributed by atoms with E-state index in [1.54, 1.807) is 11.3 Å². The number of nitrogens with zero attached hydrogens (tertiary/aromatic N) is 1. The van der Waals surface area contributed by atoms with Gasteiger partial charge >= 0.3 is 0 Å². The van der Waals surface area contributed by atoms with Crippen molar-refractivity contribution >= 4 is 34.0 Å². The van der Waals surface area contributed by atoms with Crippen molar-refractivity contribution in [2.45, 2.75) is 104 Å². The van der Waals surface area contributed by atoms with E-state index in [0.29, 0.717) is 0 Å². The van der Waals surface area contributed by atoms with Gasteiger partial charge in [-0.25, -0.2) is 4.98 Å². The van der Waals surface area contributed by atoms with E-state index in [1.807, 2.05) is 6.92 Å². The fourth-order valence-corrected chi connectivity index (χ4v) is 5.32. The molecule has 28 heavy (non-hydrogen) atoms. The van der Waals surface area contributed by atoms with Crippen molar-refractivity contribution in [2.24, 2.45) is 0 Å². The lowest BCUT2D eigenvalue weighted by atomic mass is 10.1. The van der Waals surface area contributed by atoms with Gasteiger partial charge in [-0.1, -0.05) is 41.5 Å². The zero-order chi connectivity index (χ0) is 22.0. The van der Waals surface area contributed by atoms with Gasteiger partial charge in [0.05, 0.1) is 16.8 Å². The third kappa shape index (κ3) is 7.20. The van der Waals surface area contributed by atoms with Crippen molar-refractivity contribution in [3.8, 4) is 0 Å². The molecular formula is C22H43NO2SSi2. The summed E-state index contributed by atoms with van der Waals surface area (Å²) in [6.45, 7) is 28.0. The highest BCUT2D eigenvalue weighted by Gasteiger charge is 2.40. The Kier molecular flexibility index (Phi) is 8.51. The lowest BCUT2D eigenvalue weighted by molar-refractivity contribution is 0.168. The molecule has 0 aromatic carbocycles. The van der Waals surface area contributed by atoms with Gasteiger partial charge in [0.15, 0.2) is 16.6 Å². The fourth-order valence-electron chi connectivity index (χ4n) is 2.32. The quantitative estimate of drug-likeness (QED) is 0.388. The summed E-state index contributed by atoms with van der Waals surface area (Å²) in [7, 11) is -3.63. The summed E-state index contributed by atoms with van der Waals surface area (Å²) >= 11 is 1.69. The van der Waals surface area contributed by atoms with E-state index in [4.69, 9.17) is 8.85 Å². The molecule has 0 saturated heterocycles. The SMILES string of the molecule is CC(=Cc1csc(C)n1)C(CCO[Si](C)(C)C(C)(C)C)O[Si](C)(C)C(C)(C)C. The van der Waals surface area contributed by atoms with Crippen LogP contribution in [0.1, 0.15) is 65.6 Å². The Balaban J connectivity index is 3.00. The Labute approximate surface area is 180 Å². The molecule has 6 heteroatoms. The lowest BCUT2D eigenvalue weighted by Crippen LogP contribution is -2.45. The van der Waals surface area contributed by atoms with Crippen molar-refractivity contribution < 1.29 is 8.85 Å². The van der Waals surface area contributed by atoms with Gasteiger partial charge in [0.2, 0.25) is 0 Å². The standard InChI is InChI=1S/C22H43NO2SSi2/c1-17(15-19-16-26-18(2)23-19)20(25-28(11,12)22(6,7)8)13-14-24-27(9,10)21(3,4)5/h15-16,20H,13-14H2,1-12H3. The van der Waals surface area contributed by atoms with E-state index in [2.05, 4.69) is 91.1 Å². The first-order valence-electron chi connectivity index (χ1n) is 10.4. The van der Waals surface area contributed by atoms with Crippen LogP contribution in [0.4, 0.5) is 0 Å².